The van der Waals surface area contributed by atoms with Crippen LogP contribution in [0.3, 0.4) is 0 Å². The molecule has 3 rings (SSSR count). The molecule has 0 radical (unpaired) electrons. The van der Waals surface area contributed by atoms with Gasteiger partial charge in [0, 0.05) is 42.5 Å². The van der Waals surface area contributed by atoms with Crippen molar-refractivity contribution in [1.82, 2.24) is 15.0 Å². The second-order valence-electron chi connectivity index (χ2n) is 7.06. The number of rotatable bonds is 6. The summed E-state index contributed by atoms with van der Waals surface area (Å²) < 4.78 is 5.26. The van der Waals surface area contributed by atoms with Gasteiger partial charge in [-0.3, -0.25) is 14.5 Å². The smallest absolute Gasteiger partial charge is 0.255 e. The number of aryl methyl sites for hydroxylation is 2. The summed E-state index contributed by atoms with van der Waals surface area (Å²) in [4.78, 5) is 29.5. The highest BCUT2D eigenvalue weighted by Gasteiger charge is 2.29. The molecule has 0 bridgehead atoms. The van der Waals surface area contributed by atoms with Crippen LogP contribution < -0.4 is 5.73 Å². The zero-order chi connectivity index (χ0) is 19.7. The van der Waals surface area contributed by atoms with Crippen LogP contribution in [0, 0.1) is 13.8 Å². The second kappa shape index (κ2) is 7.82. The molecule has 2 aromatic heterocycles. The highest BCUT2D eigenvalue weighted by Crippen LogP contribution is 2.31. The van der Waals surface area contributed by atoms with Crippen molar-refractivity contribution in [3.63, 3.8) is 0 Å². The first kappa shape index (κ1) is 19.6. The lowest BCUT2D eigenvalue weighted by atomic mass is 10.0. The Hall–Kier alpha value is -2.19. The van der Waals surface area contributed by atoms with Crippen LogP contribution in [-0.2, 0) is 24.3 Å². The number of hydrogen-bond donors (Lipinski definition) is 1. The number of amides is 2. The summed E-state index contributed by atoms with van der Waals surface area (Å²) in [5, 5.41) is 5.94. The van der Waals surface area contributed by atoms with E-state index in [1.54, 1.807) is 18.4 Å². The molecule has 0 aromatic carbocycles. The molecule has 2 aromatic rings. The van der Waals surface area contributed by atoms with Crippen molar-refractivity contribution in [2.75, 3.05) is 13.6 Å². The van der Waals surface area contributed by atoms with E-state index in [9.17, 15) is 9.59 Å². The SMILES string of the molecule is CC[C@@H](C(N)=O)N(C)C(=O)c1csc2c1CCN(Cc1c(C)noc1C)C2. The first-order valence-corrected chi connectivity index (χ1v) is 10.0. The summed E-state index contributed by atoms with van der Waals surface area (Å²) in [6.45, 7) is 8.21. The third-order valence-electron chi connectivity index (χ3n) is 5.32. The van der Waals surface area contributed by atoms with Gasteiger partial charge in [0.15, 0.2) is 0 Å². The molecule has 0 saturated carbocycles. The van der Waals surface area contributed by atoms with Crippen LogP contribution in [-0.4, -0.2) is 46.4 Å². The number of primary amides is 1. The second-order valence-corrected chi connectivity index (χ2v) is 8.02. The van der Waals surface area contributed by atoms with E-state index in [1.807, 2.05) is 26.2 Å². The third kappa shape index (κ3) is 3.77. The first-order valence-electron chi connectivity index (χ1n) is 9.13. The number of hydrogen-bond acceptors (Lipinski definition) is 6. The van der Waals surface area contributed by atoms with Crippen LogP contribution in [0.4, 0.5) is 0 Å². The van der Waals surface area contributed by atoms with E-state index in [2.05, 4.69) is 10.1 Å². The quantitative estimate of drug-likeness (QED) is 0.817. The molecule has 0 unspecified atom stereocenters. The highest BCUT2D eigenvalue weighted by atomic mass is 32.1. The van der Waals surface area contributed by atoms with Gasteiger partial charge in [0.2, 0.25) is 5.91 Å². The van der Waals surface area contributed by atoms with Crippen LogP contribution in [0.25, 0.3) is 0 Å². The predicted molar refractivity (Wildman–Crippen MR) is 103 cm³/mol. The van der Waals surface area contributed by atoms with E-state index in [0.717, 1.165) is 48.6 Å². The molecule has 0 fully saturated rings. The Labute approximate surface area is 163 Å². The van der Waals surface area contributed by atoms with Gasteiger partial charge in [0.25, 0.3) is 5.91 Å². The lowest BCUT2D eigenvalue weighted by Crippen LogP contribution is -2.45. The molecular weight excluding hydrogens is 364 g/mol. The lowest BCUT2D eigenvalue weighted by molar-refractivity contribution is -0.122. The zero-order valence-corrected chi connectivity index (χ0v) is 17.1. The van der Waals surface area contributed by atoms with Gasteiger partial charge >= 0.3 is 0 Å². The summed E-state index contributed by atoms with van der Waals surface area (Å²) in [6, 6.07) is -0.576. The Bertz CT molecular complexity index is 838. The molecule has 0 saturated heterocycles. The molecule has 27 heavy (non-hydrogen) atoms. The van der Waals surface area contributed by atoms with Crippen LogP contribution in [0.2, 0.25) is 0 Å². The minimum atomic E-state index is -0.576. The van der Waals surface area contributed by atoms with Gasteiger partial charge in [-0.25, -0.2) is 0 Å². The number of nitrogens with zero attached hydrogens (tertiary/aromatic N) is 3. The van der Waals surface area contributed by atoms with E-state index in [-0.39, 0.29) is 5.91 Å². The molecule has 146 valence electrons. The number of thiophene rings is 1. The molecule has 0 spiro atoms. The van der Waals surface area contributed by atoms with E-state index >= 15 is 0 Å². The summed E-state index contributed by atoms with van der Waals surface area (Å²) >= 11 is 1.61. The Kier molecular flexibility index (Phi) is 5.67. The highest BCUT2D eigenvalue weighted by molar-refractivity contribution is 7.10. The topological polar surface area (TPSA) is 92.7 Å². The monoisotopic (exact) mass is 390 g/mol. The number of fused-ring (bicyclic) bond motifs is 1. The van der Waals surface area contributed by atoms with Gasteiger partial charge in [0.1, 0.15) is 11.8 Å². The maximum Gasteiger partial charge on any atom is 0.255 e. The fourth-order valence-electron chi connectivity index (χ4n) is 3.64. The average Bonchev–Trinajstić information content (AvgIpc) is 3.19. The van der Waals surface area contributed by atoms with E-state index < -0.39 is 11.9 Å². The fraction of sp³-hybridized carbons (Fsp3) is 0.526. The fourth-order valence-corrected chi connectivity index (χ4v) is 4.76. The third-order valence-corrected chi connectivity index (χ3v) is 6.34. The summed E-state index contributed by atoms with van der Waals surface area (Å²) in [5.74, 6) is 0.263. The number of carbonyl (C=O) groups excluding carboxylic acids is 2. The minimum Gasteiger partial charge on any atom is -0.368 e. The van der Waals surface area contributed by atoms with Crippen molar-refractivity contribution in [3.05, 3.63) is 38.4 Å². The average molecular weight is 391 g/mol. The maximum atomic E-state index is 12.9. The van der Waals surface area contributed by atoms with Crippen LogP contribution in [0.1, 0.15) is 51.2 Å². The molecular formula is C19H26N4O3S. The van der Waals surface area contributed by atoms with Crippen LogP contribution in [0.15, 0.2) is 9.90 Å². The molecule has 3 heterocycles. The van der Waals surface area contributed by atoms with E-state index in [1.165, 1.54) is 9.78 Å². The number of nitrogens with two attached hydrogens (primary N) is 1. The normalized spacial score (nSPS) is 15.4. The molecule has 8 heteroatoms. The van der Waals surface area contributed by atoms with Crippen molar-refractivity contribution < 1.29 is 14.1 Å². The van der Waals surface area contributed by atoms with Crippen molar-refractivity contribution in [2.24, 2.45) is 5.73 Å². The van der Waals surface area contributed by atoms with Crippen molar-refractivity contribution in [3.8, 4) is 0 Å². The van der Waals surface area contributed by atoms with Gasteiger partial charge in [0.05, 0.1) is 11.3 Å². The molecule has 1 atom stereocenters. The standard InChI is InChI=1S/C19H26N4O3S/c1-5-16(18(20)24)22(4)19(25)15-10-27-17-9-23(7-6-13(15)17)8-14-11(2)21-26-12(14)3/h10,16H,5-9H2,1-4H3,(H2,20,24)/t16-/m0/s1. The molecule has 7 nitrogen and oxygen atoms in total. The van der Waals surface area contributed by atoms with Crippen molar-refractivity contribution in [2.45, 2.75) is 52.7 Å². The van der Waals surface area contributed by atoms with Crippen molar-refractivity contribution in [1.29, 1.82) is 0 Å². The Morgan fingerprint density at radius 2 is 2.19 bits per heavy atom. The largest absolute Gasteiger partial charge is 0.368 e. The minimum absolute atomic E-state index is 0.127. The summed E-state index contributed by atoms with van der Waals surface area (Å²) in [7, 11) is 1.65. The van der Waals surface area contributed by atoms with Gasteiger partial charge in [-0.05, 0) is 32.3 Å². The molecule has 1 aliphatic rings. The van der Waals surface area contributed by atoms with Gasteiger partial charge < -0.3 is 15.2 Å². The Morgan fingerprint density at radius 1 is 1.44 bits per heavy atom. The van der Waals surface area contributed by atoms with E-state index in [0.29, 0.717) is 12.0 Å². The lowest BCUT2D eigenvalue weighted by Gasteiger charge is -2.28. The predicted octanol–water partition coefficient (Wildman–Crippen LogP) is 2.25. The first-order chi connectivity index (χ1) is 12.8. The molecule has 1 aliphatic heterocycles. The van der Waals surface area contributed by atoms with Crippen molar-refractivity contribution >= 4 is 23.2 Å². The molecule has 0 aliphatic carbocycles. The van der Waals surface area contributed by atoms with Crippen LogP contribution >= 0.6 is 11.3 Å². The Morgan fingerprint density at radius 3 is 2.78 bits per heavy atom. The molecule has 2 N–H and O–H groups in total. The van der Waals surface area contributed by atoms with Crippen LogP contribution in [0.5, 0.6) is 0 Å². The molecule has 2 amide bonds. The zero-order valence-electron chi connectivity index (χ0n) is 16.2. The summed E-state index contributed by atoms with van der Waals surface area (Å²) in [6.07, 6.45) is 1.32. The van der Waals surface area contributed by atoms with Gasteiger partial charge in [-0.15, -0.1) is 11.3 Å². The summed E-state index contributed by atoms with van der Waals surface area (Å²) in [5.41, 5.74) is 9.31. The van der Waals surface area contributed by atoms with Gasteiger partial charge in [-0.2, -0.15) is 0 Å². The van der Waals surface area contributed by atoms with Gasteiger partial charge in [-0.1, -0.05) is 12.1 Å². The number of likely N-dealkylation sites (N-methyl/N-ethyl adjacent to an activating group) is 1. The number of aromatic nitrogens is 1. The van der Waals surface area contributed by atoms with E-state index in [4.69, 9.17) is 10.3 Å². The Balaban J connectivity index is 1.75. The number of carbonyl (C=O) groups is 2. The maximum absolute atomic E-state index is 12.9.